The summed E-state index contributed by atoms with van der Waals surface area (Å²) in [4.78, 5) is 6.87. The van der Waals surface area contributed by atoms with Crippen LogP contribution in [0.4, 0.5) is 0 Å². The van der Waals surface area contributed by atoms with Crippen molar-refractivity contribution in [2.24, 2.45) is 0 Å². The van der Waals surface area contributed by atoms with Crippen molar-refractivity contribution in [1.82, 2.24) is 9.88 Å². The summed E-state index contributed by atoms with van der Waals surface area (Å²) < 4.78 is 5.43. The van der Waals surface area contributed by atoms with E-state index in [-0.39, 0.29) is 0 Å². The number of hydrogen-bond acceptors (Lipinski definition) is 4. The Morgan fingerprint density at radius 3 is 2.60 bits per heavy atom. The van der Waals surface area contributed by atoms with Crippen LogP contribution in [-0.4, -0.2) is 37.2 Å². The number of aryl methyl sites for hydroxylation is 1. The SMILES string of the molecule is CCc1ccc(C2(C#N)CCOCC2)c(CN(C)C)n1. The molecule has 0 radical (unpaired) electrons. The molecule has 1 fully saturated rings. The van der Waals surface area contributed by atoms with Crippen LogP contribution in [0.5, 0.6) is 0 Å². The molecule has 0 bridgehead atoms. The number of hydrogen-bond donors (Lipinski definition) is 0. The molecule has 4 nitrogen and oxygen atoms in total. The fourth-order valence-corrected chi connectivity index (χ4v) is 2.76. The second-order valence-corrected chi connectivity index (χ2v) is 5.69. The second-order valence-electron chi connectivity index (χ2n) is 5.69. The number of ether oxygens (including phenoxy) is 1. The lowest BCUT2D eigenvalue weighted by Crippen LogP contribution is -2.34. The van der Waals surface area contributed by atoms with Gasteiger partial charge in [-0.25, -0.2) is 0 Å². The highest BCUT2D eigenvalue weighted by Gasteiger charge is 2.37. The first-order valence-corrected chi connectivity index (χ1v) is 7.24. The molecular weight excluding hydrogens is 250 g/mol. The van der Waals surface area contributed by atoms with Crippen molar-refractivity contribution < 1.29 is 4.74 Å². The van der Waals surface area contributed by atoms with Crippen LogP contribution in [0, 0.1) is 11.3 Å². The van der Waals surface area contributed by atoms with Gasteiger partial charge in [0, 0.05) is 25.5 Å². The lowest BCUT2D eigenvalue weighted by atomic mass is 9.74. The number of nitriles is 1. The third kappa shape index (κ3) is 3.00. The summed E-state index contributed by atoms with van der Waals surface area (Å²) in [5, 5.41) is 9.73. The Kier molecular flexibility index (Phi) is 4.74. The van der Waals surface area contributed by atoms with Crippen LogP contribution in [0.3, 0.4) is 0 Å². The first-order chi connectivity index (χ1) is 9.61. The van der Waals surface area contributed by atoms with E-state index in [1.165, 1.54) is 0 Å². The minimum atomic E-state index is -0.428. The first kappa shape index (κ1) is 15.0. The molecule has 1 saturated heterocycles. The van der Waals surface area contributed by atoms with Gasteiger partial charge in [0.2, 0.25) is 0 Å². The molecule has 20 heavy (non-hydrogen) atoms. The molecule has 0 spiro atoms. The van der Waals surface area contributed by atoms with Crippen molar-refractivity contribution >= 4 is 0 Å². The monoisotopic (exact) mass is 273 g/mol. The predicted octanol–water partition coefficient (Wildman–Crippen LogP) is 2.28. The molecule has 1 aliphatic heterocycles. The van der Waals surface area contributed by atoms with Gasteiger partial charge in [0.15, 0.2) is 0 Å². The van der Waals surface area contributed by atoms with Crippen LogP contribution in [0.1, 0.15) is 36.7 Å². The third-order valence-corrected chi connectivity index (χ3v) is 3.94. The molecule has 0 saturated carbocycles. The Morgan fingerprint density at radius 1 is 1.35 bits per heavy atom. The van der Waals surface area contributed by atoms with E-state index in [0.29, 0.717) is 13.2 Å². The molecule has 108 valence electrons. The zero-order valence-corrected chi connectivity index (χ0v) is 12.6. The maximum atomic E-state index is 9.73. The van der Waals surface area contributed by atoms with Crippen LogP contribution in [0.25, 0.3) is 0 Å². The molecule has 0 aromatic carbocycles. The normalized spacial score (nSPS) is 17.9. The molecule has 2 heterocycles. The quantitative estimate of drug-likeness (QED) is 0.844. The molecular formula is C16H23N3O. The molecule has 4 heteroatoms. The zero-order valence-electron chi connectivity index (χ0n) is 12.6. The summed E-state index contributed by atoms with van der Waals surface area (Å²) in [6, 6.07) is 6.72. The van der Waals surface area contributed by atoms with Gasteiger partial charge in [-0.3, -0.25) is 4.98 Å². The van der Waals surface area contributed by atoms with Crippen LogP contribution in [0.15, 0.2) is 12.1 Å². The Morgan fingerprint density at radius 2 is 2.05 bits per heavy atom. The summed E-state index contributed by atoms with van der Waals surface area (Å²) in [5.74, 6) is 0. The smallest absolute Gasteiger partial charge is 0.0884 e. The van der Waals surface area contributed by atoms with Gasteiger partial charge in [-0.15, -0.1) is 0 Å². The van der Waals surface area contributed by atoms with E-state index in [1.54, 1.807) is 0 Å². The van der Waals surface area contributed by atoms with Gasteiger partial charge in [-0.2, -0.15) is 5.26 Å². The summed E-state index contributed by atoms with van der Waals surface area (Å²) in [6.45, 7) is 4.19. The minimum absolute atomic E-state index is 0.428. The van der Waals surface area contributed by atoms with E-state index in [2.05, 4.69) is 30.0 Å². The zero-order chi connectivity index (χ0) is 14.6. The molecule has 0 amide bonds. The van der Waals surface area contributed by atoms with Crippen LogP contribution in [0.2, 0.25) is 0 Å². The van der Waals surface area contributed by atoms with Gasteiger partial charge in [-0.05, 0) is 45.0 Å². The molecule has 1 aliphatic rings. The van der Waals surface area contributed by atoms with Crippen molar-refractivity contribution in [2.45, 2.75) is 38.1 Å². The van der Waals surface area contributed by atoms with E-state index in [1.807, 2.05) is 14.1 Å². The van der Waals surface area contributed by atoms with Crippen molar-refractivity contribution in [3.8, 4) is 6.07 Å². The van der Waals surface area contributed by atoms with Gasteiger partial charge in [-0.1, -0.05) is 13.0 Å². The summed E-state index contributed by atoms with van der Waals surface area (Å²) in [7, 11) is 4.07. The Bertz CT molecular complexity index is 499. The van der Waals surface area contributed by atoms with E-state index in [0.717, 1.165) is 42.8 Å². The molecule has 0 unspecified atom stereocenters. The first-order valence-electron chi connectivity index (χ1n) is 7.24. The molecule has 1 aromatic rings. The number of nitrogens with zero attached hydrogens (tertiary/aromatic N) is 3. The van der Waals surface area contributed by atoms with Gasteiger partial charge in [0.25, 0.3) is 0 Å². The summed E-state index contributed by atoms with van der Waals surface area (Å²) in [5.41, 5.74) is 2.79. The Labute approximate surface area is 121 Å². The standard InChI is InChI=1S/C16H23N3O/c1-4-13-5-6-14(15(18-13)11-19(2)3)16(12-17)7-9-20-10-8-16/h5-6H,4,7-11H2,1-3H3. The lowest BCUT2D eigenvalue weighted by Gasteiger charge is -2.33. The minimum Gasteiger partial charge on any atom is -0.381 e. The molecule has 0 aliphatic carbocycles. The van der Waals surface area contributed by atoms with E-state index in [4.69, 9.17) is 9.72 Å². The van der Waals surface area contributed by atoms with Gasteiger partial charge in [0.1, 0.15) is 0 Å². The number of rotatable bonds is 4. The largest absolute Gasteiger partial charge is 0.381 e. The lowest BCUT2D eigenvalue weighted by molar-refractivity contribution is 0.0670. The fourth-order valence-electron chi connectivity index (χ4n) is 2.76. The predicted molar refractivity (Wildman–Crippen MR) is 78.4 cm³/mol. The van der Waals surface area contributed by atoms with Crippen molar-refractivity contribution in [2.75, 3.05) is 27.3 Å². The van der Waals surface area contributed by atoms with Crippen molar-refractivity contribution in [3.63, 3.8) is 0 Å². The average Bonchev–Trinajstić information content (AvgIpc) is 2.47. The summed E-state index contributed by atoms with van der Waals surface area (Å²) >= 11 is 0. The van der Waals surface area contributed by atoms with E-state index in [9.17, 15) is 5.26 Å². The highest BCUT2D eigenvalue weighted by Crippen LogP contribution is 2.36. The van der Waals surface area contributed by atoms with E-state index >= 15 is 0 Å². The van der Waals surface area contributed by atoms with Gasteiger partial charge in [0.05, 0.1) is 17.2 Å². The maximum absolute atomic E-state index is 9.73. The third-order valence-electron chi connectivity index (χ3n) is 3.94. The average molecular weight is 273 g/mol. The highest BCUT2D eigenvalue weighted by atomic mass is 16.5. The molecule has 0 N–H and O–H groups in total. The van der Waals surface area contributed by atoms with Crippen LogP contribution < -0.4 is 0 Å². The number of pyridine rings is 1. The Hall–Kier alpha value is -1.44. The maximum Gasteiger partial charge on any atom is 0.0884 e. The topological polar surface area (TPSA) is 49.1 Å². The molecule has 0 atom stereocenters. The fraction of sp³-hybridized carbons (Fsp3) is 0.625. The molecule has 1 aromatic heterocycles. The van der Waals surface area contributed by atoms with Gasteiger partial charge < -0.3 is 9.64 Å². The van der Waals surface area contributed by atoms with Crippen LogP contribution in [-0.2, 0) is 23.1 Å². The van der Waals surface area contributed by atoms with Crippen molar-refractivity contribution in [3.05, 3.63) is 29.1 Å². The Balaban J connectivity index is 2.45. The van der Waals surface area contributed by atoms with E-state index < -0.39 is 5.41 Å². The number of aromatic nitrogens is 1. The van der Waals surface area contributed by atoms with Gasteiger partial charge >= 0.3 is 0 Å². The highest BCUT2D eigenvalue weighted by molar-refractivity contribution is 5.37. The summed E-state index contributed by atoms with van der Waals surface area (Å²) in [6.07, 6.45) is 2.44. The van der Waals surface area contributed by atoms with Crippen molar-refractivity contribution in [1.29, 1.82) is 5.26 Å². The van der Waals surface area contributed by atoms with Crippen LogP contribution >= 0.6 is 0 Å². The second kappa shape index (κ2) is 6.34. The molecule has 2 rings (SSSR count).